The number of hydrogen-bond acceptors (Lipinski definition) is 8. The van der Waals surface area contributed by atoms with Crippen molar-refractivity contribution < 1.29 is 27.5 Å². The molecule has 3 aromatic rings. The van der Waals surface area contributed by atoms with Crippen LogP contribution in [0.1, 0.15) is 34.6 Å². The number of pyridine rings is 1. The summed E-state index contributed by atoms with van der Waals surface area (Å²) in [5.74, 6) is 0.124. The lowest BCUT2D eigenvalue weighted by Gasteiger charge is -2.11. The van der Waals surface area contributed by atoms with E-state index in [-0.39, 0.29) is 30.8 Å². The van der Waals surface area contributed by atoms with E-state index in [0.29, 0.717) is 35.6 Å². The van der Waals surface area contributed by atoms with E-state index in [1.165, 1.54) is 7.11 Å². The van der Waals surface area contributed by atoms with Crippen molar-refractivity contribution in [2.75, 3.05) is 25.7 Å². The van der Waals surface area contributed by atoms with Crippen molar-refractivity contribution in [1.29, 1.82) is 0 Å². The molecule has 3 heterocycles. The van der Waals surface area contributed by atoms with Crippen LogP contribution in [0.4, 0.5) is 0 Å². The Kier molecular flexibility index (Phi) is 4.89. The molecule has 33 heavy (non-hydrogen) atoms. The molecule has 0 spiro atoms. The van der Waals surface area contributed by atoms with E-state index in [0.717, 1.165) is 23.1 Å². The topological polar surface area (TPSA) is 129 Å². The highest BCUT2D eigenvalue weighted by atomic mass is 32.2. The van der Waals surface area contributed by atoms with E-state index in [1.807, 2.05) is 18.2 Å². The van der Waals surface area contributed by atoms with Gasteiger partial charge in [-0.3, -0.25) is 4.79 Å². The van der Waals surface area contributed by atoms with E-state index in [2.05, 4.69) is 15.4 Å². The first-order chi connectivity index (χ1) is 15.7. The van der Waals surface area contributed by atoms with E-state index < -0.39 is 15.3 Å². The molecule has 10 nitrogen and oxygen atoms in total. The molecule has 172 valence electrons. The van der Waals surface area contributed by atoms with Crippen LogP contribution in [0.3, 0.4) is 0 Å². The summed E-state index contributed by atoms with van der Waals surface area (Å²) >= 11 is 0. The SMILES string of the molecule is COc1ccc(-c2ccc3c(c2)COC3=O)n2nc(C3(C(=O)NCCS(C)(=O)=O)CC3)nc12. The van der Waals surface area contributed by atoms with Crippen LogP contribution < -0.4 is 10.1 Å². The van der Waals surface area contributed by atoms with E-state index in [1.54, 1.807) is 16.6 Å². The Balaban J connectivity index is 1.52. The van der Waals surface area contributed by atoms with Gasteiger partial charge in [-0.15, -0.1) is 5.10 Å². The zero-order valence-electron chi connectivity index (χ0n) is 18.1. The number of esters is 1. The quantitative estimate of drug-likeness (QED) is 0.511. The first-order valence-electron chi connectivity index (χ1n) is 10.4. The van der Waals surface area contributed by atoms with Gasteiger partial charge in [0.05, 0.1) is 24.1 Å². The summed E-state index contributed by atoms with van der Waals surface area (Å²) < 4.78 is 34.9. The standard InChI is InChI=1S/C22H22N4O6S/c1-31-17-6-5-16(13-3-4-15-14(11-13)12-32-19(15)27)26-18(17)24-20(25-26)22(7-8-22)21(28)23-9-10-33(2,29)30/h3-6,11H,7-10,12H2,1-2H3,(H,23,28). The molecule has 1 saturated carbocycles. The third-order valence-corrected chi connectivity index (χ3v) is 6.96. The zero-order chi connectivity index (χ0) is 23.4. The van der Waals surface area contributed by atoms with Crippen LogP contribution in [-0.2, 0) is 31.4 Å². The summed E-state index contributed by atoms with van der Waals surface area (Å²) in [5, 5.41) is 7.37. The van der Waals surface area contributed by atoms with Gasteiger partial charge >= 0.3 is 5.97 Å². The molecular weight excluding hydrogens is 448 g/mol. The molecule has 0 unspecified atom stereocenters. The Labute approximate surface area is 189 Å². The van der Waals surface area contributed by atoms with Crippen molar-refractivity contribution in [2.24, 2.45) is 0 Å². The van der Waals surface area contributed by atoms with Gasteiger partial charge in [-0.25, -0.2) is 22.7 Å². The molecule has 5 rings (SSSR count). The highest BCUT2D eigenvalue weighted by Gasteiger charge is 2.54. The number of sulfone groups is 1. The number of hydrogen-bond donors (Lipinski definition) is 1. The first-order valence-corrected chi connectivity index (χ1v) is 12.5. The summed E-state index contributed by atoms with van der Waals surface area (Å²) in [5.41, 5.74) is 2.46. The van der Waals surface area contributed by atoms with Gasteiger partial charge in [0.1, 0.15) is 21.9 Å². The second kappa shape index (κ2) is 7.55. The third kappa shape index (κ3) is 3.71. The van der Waals surface area contributed by atoms with Crippen LogP contribution in [-0.4, -0.2) is 60.6 Å². The number of ether oxygens (including phenoxy) is 2. The molecule has 0 saturated heterocycles. The molecule has 1 aliphatic heterocycles. The van der Waals surface area contributed by atoms with Crippen LogP contribution in [0.15, 0.2) is 30.3 Å². The van der Waals surface area contributed by atoms with Crippen molar-refractivity contribution in [1.82, 2.24) is 19.9 Å². The fourth-order valence-corrected chi connectivity index (χ4v) is 4.48. The highest BCUT2D eigenvalue weighted by Crippen LogP contribution is 2.47. The maximum atomic E-state index is 12.9. The van der Waals surface area contributed by atoms with Gasteiger partial charge < -0.3 is 14.8 Å². The second-order valence-electron chi connectivity index (χ2n) is 8.37. The number of nitrogens with zero attached hydrogens (tertiary/aromatic N) is 3. The summed E-state index contributed by atoms with van der Waals surface area (Å²) in [7, 11) is -1.65. The lowest BCUT2D eigenvalue weighted by atomic mass is 10.0. The minimum atomic E-state index is -3.18. The van der Waals surface area contributed by atoms with Gasteiger partial charge in [0, 0.05) is 23.9 Å². The van der Waals surface area contributed by atoms with Crippen molar-refractivity contribution >= 4 is 27.4 Å². The number of carbonyl (C=O) groups is 2. The number of benzene rings is 1. The van der Waals surface area contributed by atoms with E-state index in [9.17, 15) is 18.0 Å². The predicted molar refractivity (Wildman–Crippen MR) is 118 cm³/mol. The molecule has 0 bridgehead atoms. The molecule has 1 aromatic carbocycles. The van der Waals surface area contributed by atoms with Crippen LogP contribution in [0.2, 0.25) is 0 Å². The minimum absolute atomic E-state index is 0.0390. The third-order valence-electron chi connectivity index (χ3n) is 6.02. The Morgan fingerprint density at radius 3 is 2.76 bits per heavy atom. The van der Waals surface area contributed by atoms with Gasteiger partial charge in [-0.05, 0) is 37.1 Å². The molecule has 2 aliphatic rings. The number of amides is 1. The number of carbonyl (C=O) groups excluding carboxylic acids is 2. The number of rotatable bonds is 7. The number of fused-ring (bicyclic) bond motifs is 2. The lowest BCUT2D eigenvalue weighted by molar-refractivity contribution is -0.123. The normalized spacial score (nSPS) is 16.4. The minimum Gasteiger partial charge on any atom is -0.493 e. The molecule has 1 fully saturated rings. The largest absolute Gasteiger partial charge is 0.493 e. The Bertz CT molecular complexity index is 1410. The second-order valence-corrected chi connectivity index (χ2v) is 10.6. The maximum Gasteiger partial charge on any atom is 0.338 e. The highest BCUT2D eigenvalue weighted by molar-refractivity contribution is 7.90. The van der Waals surface area contributed by atoms with Gasteiger partial charge in [0.25, 0.3) is 0 Å². The summed E-state index contributed by atoms with van der Waals surface area (Å²) in [6, 6.07) is 9.05. The zero-order valence-corrected chi connectivity index (χ0v) is 18.9. The summed E-state index contributed by atoms with van der Waals surface area (Å²) in [4.78, 5) is 29.3. The van der Waals surface area contributed by atoms with Crippen LogP contribution in [0.5, 0.6) is 5.75 Å². The van der Waals surface area contributed by atoms with Crippen LogP contribution in [0, 0.1) is 0 Å². The Morgan fingerprint density at radius 2 is 2.06 bits per heavy atom. The number of cyclic esters (lactones) is 1. The Morgan fingerprint density at radius 1 is 1.27 bits per heavy atom. The van der Waals surface area contributed by atoms with Crippen molar-refractivity contribution in [3.05, 3.63) is 47.3 Å². The average molecular weight is 471 g/mol. The molecule has 1 N–H and O–H groups in total. The van der Waals surface area contributed by atoms with Crippen LogP contribution in [0.25, 0.3) is 16.9 Å². The fraction of sp³-hybridized carbons (Fsp3) is 0.364. The number of methoxy groups -OCH3 is 1. The number of nitrogens with one attached hydrogen (secondary N) is 1. The van der Waals surface area contributed by atoms with E-state index >= 15 is 0 Å². The predicted octanol–water partition coefficient (Wildman–Crippen LogP) is 1.27. The van der Waals surface area contributed by atoms with Crippen molar-refractivity contribution in [3.63, 3.8) is 0 Å². The lowest BCUT2D eigenvalue weighted by Crippen LogP contribution is -2.38. The van der Waals surface area contributed by atoms with Gasteiger partial charge in [-0.1, -0.05) is 6.07 Å². The molecule has 1 aliphatic carbocycles. The molecule has 1 amide bonds. The summed E-state index contributed by atoms with van der Waals surface area (Å²) in [6.45, 7) is 0.262. The smallest absolute Gasteiger partial charge is 0.338 e. The van der Waals surface area contributed by atoms with Crippen molar-refractivity contribution in [3.8, 4) is 17.0 Å². The first kappa shape index (κ1) is 21.4. The van der Waals surface area contributed by atoms with Gasteiger partial charge in [0.2, 0.25) is 5.91 Å². The van der Waals surface area contributed by atoms with Crippen molar-refractivity contribution in [2.45, 2.75) is 24.9 Å². The van der Waals surface area contributed by atoms with Crippen LogP contribution >= 0.6 is 0 Å². The molecular formula is C22H22N4O6S. The van der Waals surface area contributed by atoms with E-state index in [4.69, 9.17) is 9.47 Å². The monoisotopic (exact) mass is 470 g/mol. The summed E-state index contributed by atoms with van der Waals surface area (Å²) in [6.07, 6.45) is 2.28. The number of aromatic nitrogens is 3. The molecule has 0 radical (unpaired) electrons. The molecule has 11 heteroatoms. The molecule has 2 aromatic heterocycles. The fourth-order valence-electron chi connectivity index (χ4n) is 4.01. The Hall–Kier alpha value is -3.47. The van der Waals surface area contributed by atoms with Gasteiger partial charge in [0.15, 0.2) is 17.2 Å². The maximum absolute atomic E-state index is 12.9. The average Bonchev–Trinajstić information content (AvgIpc) is 3.33. The van der Waals surface area contributed by atoms with Gasteiger partial charge in [-0.2, -0.15) is 0 Å². The molecule has 0 atom stereocenters.